The summed E-state index contributed by atoms with van der Waals surface area (Å²) in [4.78, 5) is 12.4. The predicted molar refractivity (Wildman–Crippen MR) is 68.2 cm³/mol. The molecule has 2 aliphatic heterocycles. The topological polar surface area (TPSA) is 42.1 Å². The molecule has 0 bridgehead atoms. The molecular weight excluding hydrogens is 228 g/mol. The zero-order valence-electron chi connectivity index (χ0n) is 11.0. The third-order valence-electron chi connectivity index (χ3n) is 4.29. The molecule has 0 aromatic heterocycles. The van der Waals surface area contributed by atoms with Crippen LogP contribution in [-0.2, 0) is 14.3 Å². The van der Waals surface area contributed by atoms with E-state index < -0.39 is 5.60 Å². The van der Waals surface area contributed by atoms with Crippen LogP contribution in [0.3, 0.4) is 0 Å². The molecule has 0 aromatic carbocycles. The van der Waals surface area contributed by atoms with Crippen molar-refractivity contribution < 1.29 is 14.3 Å². The van der Waals surface area contributed by atoms with Crippen LogP contribution in [0.2, 0.25) is 0 Å². The Morgan fingerprint density at radius 1 is 1.44 bits per heavy atom. The van der Waals surface area contributed by atoms with Crippen LogP contribution in [0, 0.1) is 11.8 Å². The summed E-state index contributed by atoms with van der Waals surface area (Å²) in [6.45, 7) is 8.88. The molecular formula is C15H20O3. The van der Waals surface area contributed by atoms with Crippen LogP contribution < -0.4 is 0 Å². The largest absolute Gasteiger partial charge is 0.365 e. The Morgan fingerprint density at radius 3 is 2.78 bits per heavy atom. The highest BCUT2D eigenvalue weighted by atomic mass is 16.7. The number of ether oxygens (including phenoxy) is 2. The fraction of sp³-hybridized carbons (Fsp3) is 0.667. The van der Waals surface area contributed by atoms with E-state index >= 15 is 0 Å². The lowest BCUT2D eigenvalue weighted by Crippen LogP contribution is -2.34. The van der Waals surface area contributed by atoms with Gasteiger partial charge in [-0.25, -0.2) is 0 Å². The van der Waals surface area contributed by atoms with E-state index in [9.17, 15) is 4.79 Å². The monoisotopic (exact) mass is 248 g/mol. The molecule has 0 unspecified atom stereocenters. The van der Waals surface area contributed by atoms with Crippen LogP contribution in [0.15, 0.2) is 24.3 Å². The van der Waals surface area contributed by atoms with Gasteiger partial charge in [-0.15, -0.1) is 0 Å². The molecule has 3 rings (SSSR count). The number of carbonyl (C=O) groups is 1. The van der Waals surface area contributed by atoms with Crippen molar-refractivity contribution in [1.82, 2.24) is 0 Å². The lowest BCUT2D eigenvalue weighted by atomic mass is 9.83. The first-order chi connectivity index (χ1) is 8.53. The lowest BCUT2D eigenvalue weighted by Gasteiger charge is -2.19. The summed E-state index contributed by atoms with van der Waals surface area (Å²) in [7, 11) is 0. The molecule has 4 atom stereocenters. The number of Topliss-reactive ketones (excluding diaryl/α,β-unsaturated/α-hetero) is 1. The van der Waals surface area contributed by atoms with Gasteiger partial charge in [0.25, 0.3) is 0 Å². The van der Waals surface area contributed by atoms with Gasteiger partial charge in [-0.2, -0.15) is 0 Å². The number of ketones is 1. The molecule has 3 heteroatoms. The first-order valence-corrected chi connectivity index (χ1v) is 6.71. The van der Waals surface area contributed by atoms with Gasteiger partial charge in [0.05, 0.1) is 12.7 Å². The van der Waals surface area contributed by atoms with Gasteiger partial charge in [0, 0.05) is 12.8 Å². The van der Waals surface area contributed by atoms with Crippen molar-refractivity contribution in [2.75, 3.05) is 6.61 Å². The minimum atomic E-state index is -0.608. The van der Waals surface area contributed by atoms with E-state index in [0.29, 0.717) is 18.9 Å². The van der Waals surface area contributed by atoms with Crippen LogP contribution in [-0.4, -0.2) is 30.2 Å². The summed E-state index contributed by atoms with van der Waals surface area (Å²) < 4.78 is 11.1. The number of carbonyl (C=O) groups excluding carboxylic acids is 1. The molecule has 2 heterocycles. The Kier molecular flexibility index (Phi) is 2.72. The number of epoxide rings is 2. The molecule has 2 fully saturated rings. The summed E-state index contributed by atoms with van der Waals surface area (Å²) >= 11 is 0. The van der Waals surface area contributed by atoms with E-state index in [1.54, 1.807) is 0 Å². The van der Waals surface area contributed by atoms with Gasteiger partial charge in [0.2, 0.25) is 0 Å². The van der Waals surface area contributed by atoms with Gasteiger partial charge in [-0.1, -0.05) is 38.2 Å². The second kappa shape index (κ2) is 4.04. The fourth-order valence-electron chi connectivity index (χ4n) is 2.77. The average Bonchev–Trinajstić information content (AvgIpc) is 3.15. The highest BCUT2D eigenvalue weighted by Gasteiger charge is 2.67. The summed E-state index contributed by atoms with van der Waals surface area (Å²) in [5.41, 5.74) is 0.474. The molecule has 98 valence electrons. The Hall–Kier alpha value is -0.930. The van der Waals surface area contributed by atoms with Crippen LogP contribution in [0.1, 0.15) is 26.7 Å². The lowest BCUT2D eigenvalue weighted by molar-refractivity contribution is -0.125. The second-order valence-electron chi connectivity index (χ2n) is 6.03. The van der Waals surface area contributed by atoms with E-state index in [1.807, 2.05) is 0 Å². The highest BCUT2D eigenvalue weighted by Crippen LogP contribution is 2.48. The maximum absolute atomic E-state index is 12.4. The molecule has 0 saturated carbocycles. The normalized spacial score (nSPS) is 44.9. The summed E-state index contributed by atoms with van der Waals surface area (Å²) in [6, 6.07) is 0. The van der Waals surface area contributed by atoms with Crippen LogP contribution in [0.5, 0.6) is 0 Å². The summed E-state index contributed by atoms with van der Waals surface area (Å²) in [6.07, 6.45) is 5.65. The highest BCUT2D eigenvalue weighted by molar-refractivity contribution is 5.91. The minimum Gasteiger partial charge on any atom is -0.365 e. The molecule has 0 amide bonds. The molecule has 0 aromatic rings. The quantitative estimate of drug-likeness (QED) is 0.668. The Labute approximate surface area is 108 Å². The van der Waals surface area contributed by atoms with Crippen molar-refractivity contribution in [3.63, 3.8) is 0 Å². The van der Waals surface area contributed by atoms with Crippen molar-refractivity contribution in [1.29, 1.82) is 0 Å². The van der Waals surface area contributed by atoms with E-state index in [4.69, 9.17) is 9.47 Å². The fourth-order valence-corrected chi connectivity index (χ4v) is 2.77. The molecule has 3 nitrogen and oxygen atoms in total. The minimum absolute atomic E-state index is 0.0268. The maximum atomic E-state index is 12.4. The molecule has 2 saturated heterocycles. The third kappa shape index (κ3) is 1.95. The van der Waals surface area contributed by atoms with E-state index in [0.717, 1.165) is 12.0 Å². The summed E-state index contributed by atoms with van der Waals surface area (Å²) in [5, 5.41) is 0. The van der Waals surface area contributed by atoms with Gasteiger partial charge < -0.3 is 9.47 Å². The standard InChI is InChI=1S/C15H20O3/c1-9(2)11-5-4-10(3)6-12-14(18-12)15(8-17-15)13(16)7-11/h4-5,9,11-12,14H,3,6-8H2,1-2H3/b5-4-/t11-,12+,14+,15-/m0/s1. The van der Waals surface area contributed by atoms with Crippen molar-refractivity contribution in [3.05, 3.63) is 24.3 Å². The number of rotatable bonds is 1. The van der Waals surface area contributed by atoms with E-state index in [2.05, 4.69) is 32.6 Å². The molecule has 0 N–H and O–H groups in total. The predicted octanol–water partition coefficient (Wildman–Crippen LogP) is 2.27. The molecule has 1 spiro atoms. The molecule has 3 aliphatic rings. The van der Waals surface area contributed by atoms with Gasteiger partial charge in [-0.05, 0) is 11.8 Å². The van der Waals surface area contributed by atoms with Crippen molar-refractivity contribution in [2.24, 2.45) is 11.8 Å². The number of hydrogen-bond acceptors (Lipinski definition) is 3. The van der Waals surface area contributed by atoms with Crippen LogP contribution in [0.25, 0.3) is 0 Å². The zero-order chi connectivity index (χ0) is 12.9. The molecule has 18 heavy (non-hydrogen) atoms. The number of hydrogen-bond donors (Lipinski definition) is 0. The van der Waals surface area contributed by atoms with Crippen molar-refractivity contribution in [3.8, 4) is 0 Å². The van der Waals surface area contributed by atoms with Crippen LogP contribution in [0.4, 0.5) is 0 Å². The van der Waals surface area contributed by atoms with Gasteiger partial charge in [0.1, 0.15) is 6.10 Å². The Balaban J connectivity index is 1.85. The van der Waals surface area contributed by atoms with E-state index in [-0.39, 0.29) is 23.9 Å². The first kappa shape index (κ1) is 12.1. The zero-order valence-corrected chi connectivity index (χ0v) is 11.0. The Morgan fingerprint density at radius 2 is 2.17 bits per heavy atom. The van der Waals surface area contributed by atoms with Crippen molar-refractivity contribution >= 4 is 5.78 Å². The van der Waals surface area contributed by atoms with Crippen molar-refractivity contribution in [2.45, 2.75) is 44.5 Å². The number of fused-ring (bicyclic) bond motifs is 2. The Bertz CT molecular complexity index is 417. The van der Waals surface area contributed by atoms with Gasteiger partial charge >= 0.3 is 0 Å². The molecule has 0 radical (unpaired) electrons. The number of allylic oxidation sites excluding steroid dienone is 2. The van der Waals surface area contributed by atoms with Gasteiger partial charge in [0.15, 0.2) is 11.4 Å². The smallest absolute Gasteiger partial charge is 0.178 e. The maximum Gasteiger partial charge on any atom is 0.178 e. The van der Waals surface area contributed by atoms with Crippen LogP contribution >= 0.6 is 0 Å². The third-order valence-corrected chi connectivity index (χ3v) is 4.29. The molecule has 1 aliphatic carbocycles. The SMILES string of the molecule is C=C1/C=C\[C@H](C(C)C)CC(=O)[C@@]2(CO2)[C@@H]2O[C@@H]2C1. The first-order valence-electron chi connectivity index (χ1n) is 6.71. The van der Waals surface area contributed by atoms with Gasteiger partial charge in [-0.3, -0.25) is 4.79 Å². The second-order valence-corrected chi connectivity index (χ2v) is 6.03. The summed E-state index contributed by atoms with van der Waals surface area (Å²) in [5.74, 6) is 0.931. The van der Waals surface area contributed by atoms with E-state index in [1.165, 1.54) is 0 Å². The average molecular weight is 248 g/mol.